The number of hydrogen-bond acceptors (Lipinski definition) is 2. The Bertz CT molecular complexity index is 652. The Morgan fingerprint density at radius 1 is 1.25 bits per heavy atom. The third kappa shape index (κ3) is 1.64. The quantitative estimate of drug-likeness (QED) is 0.866. The Morgan fingerprint density at radius 3 is 2.95 bits per heavy atom. The number of benzene rings is 1. The second-order valence-electron chi connectivity index (χ2n) is 5.88. The van der Waals surface area contributed by atoms with Gasteiger partial charge in [0.15, 0.2) is 0 Å². The molecule has 0 amide bonds. The first-order valence-corrected chi connectivity index (χ1v) is 7.25. The van der Waals surface area contributed by atoms with Crippen molar-refractivity contribution in [2.75, 3.05) is 0 Å². The van der Waals surface area contributed by atoms with E-state index in [9.17, 15) is 9.50 Å². The highest BCUT2D eigenvalue weighted by atomic mass is 19.1. The number of imidazole rings is 1. The monoisotopic (exact) mass is 272 g/mol. The molecule has 2 heterocycles. The Balaban J connectivity index is 1.85. The van der Waals surface area contributed by atoms with E-state index in [1.807, 2.05) is 6.07 Å². The number of rotatable bonds is 1. The number of aliphatic hydroxyl groups is 1. The van der Waals surface area contributed by atoms with Crippen molar-refractivity contribution in [1.82, 2.24) is 9.55 Å². The molecule has 1 saturated carbocycles. The van der Waals surface area contributed by atoms with E-state index in [0.717, 1.165) is 42.5 Å². The van der Waals surface area contributed by atoms with Crippen LogP contribution in [0.15, 0.2) is 30.7 Å². The van der Waals surface area contributed by atoms with E-state index < -0.39 is 0 Å². The summed E-state index contributed by atoms with van der Waals surface area (Å²) >= 11 is 0. The molecule has 4 rings (SSSR count). The van der Waals surface area contributed by atoms with Gasteiger partial charge in [0.2, 0.25) is 0 Å². The van der Waals surface area contributed by atoms with Gasteiger partial charge in [-0.3, -0.25) is 0 Å². The molecule has 20 heavy (non-hydrogen) atoms. The van der Waals surface area contributed by atoms with Crippen LogP contribution in [-0.2, 0) is 0 Å². The van der Waals surface area contributed by atoms with Crippen LogP contribution < -0.4 is 0 Å². The highest BCUT2D eigenvalue weighted by Gasteiger charge is 2.38. The lowest BCUT2D eigenvalue weighted by atomic mass is 9.79. The van der Waals surface area contributed by atoms with Crippen LogP contribution in [0.3, 0.4) is 0 Å². The van der Waals surface area contributed by atoms with Crippen molar-refractivity contribution in [1.29, 1.82) is 0 Å². The van der Waals surface area contributed by atoms with Crippen LogP contribution in [0.4, 0.5) is 4.39 Å². The van der Waals surface area contributed by atoms with E-state index in [1.165, 1.54) is 6.07 Å². The smallest absolute Gasteiger partial charge is 0.123 e. The summed E-state index contributed by atoms with van der Waals surface area (Å²) in [4.78, 5) is 4.20. The summed E-state index contributed by atoms with van der Waals surface area (Å²) in [6.45, 7) is 0. The molecule has 0 unspecified atom stereocenters. The molecule has 4 heteroatoms. The first-order valence-electron chi connectivity index (χ1n) is 7.25. The number of aliphatic hydroxyl groups excluding tert-OH is 1. The van der Waals surface area contributed by atoms with E-state index >= 15 is 0 Å². The fourth-order valence-electron chi connectivity index (χ4n) is 3.84. The summed E-state index contributed by atoms with van der Waals surface area (Å²) < 4.78 is 15.6. The van der Waals surface area contributed by atoms with E-state index in [-0.39, 0.29) is 23.9 Å². The van der Waals surface area contributed by atoms with E-state index in [2.05, 4.69) is 9.55 Å². The lowest BCUT2D eigenvalue weighted by Crippen LogP contribution is -2.31. The molecule has 3 atom stereocenters. The van der Waals surface area contributed by atoms with Gasteiger partial charge in [0.25, 0.3) is 0 Å². The highest BCUT2D eigenvalue weighted by Crippen LogP contribution is 2.47. The Hall–Kier alpha value is -1.68. The van der Waals surface area contributed by atoms with Gasteiger partial charge < -0.3 is 9.67 Å². The molecule has 1 aliphatic carbocycles. The maximum atomic E-state index is 13.5. The summed E-state index contributed by atoms with van der Waals surface area (Å²) in [6.07, 6.45) is 7.44. The van der Waals surface area contributed by atoms with E-state index in [0.29, 0.717) is 0 Å². The molecule has 0 saturated heterocycles. The third-order valence-electron chi connectivity index (χ3n) is 4.76. The molecule has 0 bridgehead atoms. The predicted octanol–water partition coefficient (Wildman–Crippen LogP) is 3.14. The predicted molar refractivity (Wildman–Crippen MR) is 73.7 cm³/mol. The average Bonchev–Trinajstić information content (AvgIpc) is 3.00. The second-order valence-corrected chi connectivity index (χ2v) is 5.88. The Morgan fingerprint density at radius 2 is 2.10 bits per heavy atom. The zero-order valence-electron chi connectivity index (χ0n) is 11.2. The summed E-state index contributed by atoms with van der Waals surface area (Å²) in [5, 5.41) is 10.4. The normalized spacial score (nSPS) is 28.2. The van der Waals surface area contributed by atoms with Crippen LogP contribution in [-0.4, -0.2) is 20.8 Å². The molecule has 0 radical (unpaired) electrons. The lowest BCUT2D eigenvalue weighted by molar-refractivity contribution is 0.0504. The van der Waals surface area contributed by atoms with Crippen molar-refractivity contribution < 1.29 is 9.50 Å². The van der Waals surface area contributed by atoms with Crippen molar-refractivity contribution >= 4 is 0 Å². The van der Waals surface area contributed by atoms with Crippen molar-refractivity contribution in [3.05, 3.63) is 42.1 Å². The van der Waals surface area contributed by atoms with E-state index in [4.69, 9.17) is 0 Å². The number of aromatic nitrogens is 2. The molecule has 1 aliphatic heterocycles. The minimum Gasteiger partial charge on any atom is -0.393 e. The van der Waals surface area contributed by atoms with Crippen molar-refractivity contribution in [3.63, 3.8) is 0 Å². The van der Waals surface area contributed by atoms with Crippen molar-refractivity contribution in [2.24, 2.45) is 5.92 Å². The summed E-state index contributed by atoms with van der Waals surface area (Å²) in [5.74, 6) is -0.0234. The molecule has 3 nitrogen and oxygen atoms in total. The molecule has 0 spiro atoms. The maximum Gasteiger partial charge on any atom is 0.123 e. The third-order valence-corrected chi connectivity index (χ3v) is 4.76. The van der Waals surface area contributed by atoms with Gasteiger partial charge in [0, 0.05) is 11.5 Å². The van der Waals surface area contributed by atoms with Crippen LogP contribution >= 0.6 is 0 Å². The minimum atomic E-state index is -0.278. The molecular formula is C16H17FN2O. The van der Waals surface area contributed by atoms with Gasteiger partial charge in [-0.05, 0) is 30.5 Å². The molecule has 1 aromatic heterocycles. The summed E-state index contributed by atoms with van der Waals surface area (Å²) in [6, 6.07) is 5.06. The first-order chi connectivity index (χ1) is 9.75. The van der Waals surface area contributed by atoms with Gasteiger partial charge in [-0.15, -0.1) is 0 Å². The minimum absolute atomic E-state index is 0.0957. The van der Waals surface area contributed by atoms with Crippen LogP contribution in [0.25, 0.3) is 11.3 Å². The zero-order valence-corrected chi connectivity index (χ0v) is 11.2. The largest absolute Gasteiger partial charge is 0.393 e. The van der Waals surface area contributed by atoms with Gasteiger partial charge in [-0.2, -0.15) is 0 Å². The molecule has 1 aromatic carbocycles. The van der Waals surface area contributed by atoms with Crippen LogP contribution in [0, 0.1) is 11.7 Å². The summed E-state index contributed by atoms with van der Waals surface area (Å²) in [7, 11) is 0. The molecular weight excluding hydrogens is 255 g/mol. The fourth-order valence-corrected chi connectivity index (χ4v) is 3.84. The van der Waals surface area contributed by atoms with Gasteiger partial charge in [0.1, 0.15) is 5.82 Å². The molecule has 1 N–H and O–H groups in total. The topological polar surface area (TPSA) is 38.1 Å². The zero-order chi connectivity index (χ0) is 13.7. The van der Waals surface area contributed by atoms with Crippen LogP contribution in [0.5, 0.6) is 0 Å². The lowest BCUT2D eigenvalue weighted by Gasteiger charge is -2.33. The molecule has 104 valence electrons. The average molecular weight is 272 g/mol. The Kier molecular flexibility index (Phi) is 2.67. The maximum absolute atomic E-state index is 13.5. The van der Waals surface area contributed by atoms with Crippen LogP contribution in [0.1, 0.15) is 37.3 Å². The van der Waals surface area contributed by atoms with Crippen molar-refractivity contribution in [2.45, 2.75) is 37.8 Å². The molecule has 2 aliphatic rings. The van der Waals surface area contributed by atoms with Gasteiger partial charge in [-0.25, -0.2) is 9.37 Å². The number of fused-ring (bicyclic) bond motifs is 3. The van der Waals surface area contributed by atoms with Gasteiger partial charge in [-0.1, -0.05) is 18.9 Å². The molecule has 2 aromatic rings. The highest BCUT2D eigenvalue weighted by molar-refractivity contribution is 5.69. The number of hydrogen-bond donors (Lipinski definition) is 1. The van der Waals surface area contributed by atoms with Crippen molar-refractivity contribution in [3.8, 4) is 11.3 Å². The number of halogens is 1. The van der Waals surface area contributed by atoms with Gasteiger partial charge in [0.05, 0.1) is 30.4 Å². The van der Waals surface area contributed by atoms with Crippen LogP contribution in [0.2, 0.25) is 0 Å². The molecule has 1 fully saturated rings. The SMILES string of the molecule is O[C@@H]1CCCC[C@H]1[C@H]1c2ccc(F)cc2-c2cncn21. The Labute approximate surface area is 117 Å². The fraction of sp³-hybridized carbons (Fsp3) is 0.438. The number of nitrogens with zero attached hydrogens (tertiary/aromatic N) is 2. The van der Waals surface area contributed by atoms with E-state index in [1.54, 1.807) is 18.6 Å². The standard InChI is InChI=1S/C16H17FN2O/c17-10-5-6-11-13(7-10)14-8-18-9-19(14)16(11)12-3-1-2-4-15(12)20/h5-9,12,15-16,20H,1-4H2/t12-,15-,16-/m1/s1. The second kappa shape index (κ2) is 4.42. The first kappa shape index (κ1) is 12.1. The van der Waals surface area contributed by atoms with Gasteiger partial charge >= 0.3 is 0 Å². The summed E-state index contributed by atoms with van der Waals surface area (Å²) in [5.41, 5.74) is 3.00.